The molecule has 0 bridgehead atoms. The first-order chi connectivity index (χ1) is 8.97. The minimum absolute atomic E-state index is 0.104. The van der Waals surface area contributed by atoms with Gasteiger partial charge in [-0.05, 0) is 42.0 Å². The Labute approximate surface area is 111 Å². The highest BCUT2D eigenvalue weighted by atomic mass is 32.2. The summed E-state index contributed by atoms with van der Waals surface area (Å²) in [5.74, 6) is -0.356. The number of hydrogen-bond donors (Lipinski definition) is 2. The molecule has 0 aliphatic rings. The second-order valence-electron chi connectivity index (χ2n) is 4.02. The van der Waals surface area contributed by atoms with Gasteiger partial charge >= 0.3 is 0 Å². The quantitative estimate of drug-likeness (QED) is 0.840. The molecule has 3 N–H and O–H groups in total. The molecular weight excluding hydrogens is 267 g/mol. The molecule has 2 aromatic carbocycles. The van der Waals surface area contributed by atoms with Crippen LogP contribution in [0.5, 0.6) is 0 Å². The molecule has 0 aromatic heterocycles. The molecule has 0 saturated heterocycles. The van der Waals surface area contributed by atoms with E-state index >= 15 is 0 Å². The third-order valence-electron chi connectivity index (χ3n) is 2.57. The summed E-state index contributed by atoms with van der Waals surface area (Å²) in [6.07, 6.45) is 0. The molecular formula is C13H13FN2O2S. The summed E-state index contributed by atoms with van der Waals surface area (Å²) in [5, 5.41) is 0. The molecule has 0 spiro atoms. The van der Waals surface area contributed by atoms with Crippen LogP contribution in [0.2, 0.25) is 0 Å². The number of sulfonamides is 1. The summed E-state index contributed by atoms with van der Waals surface area (Å²) in [5.41, 5.74) is 6.68. The van der Waals surface area contributed by atoms with Gasteiger partial charge in [0.1, 0.15) is 5.82 Å². The van der Waals surface area contributed by atoms with Crippen LogP contribution in [0, 0.1) is 5.82 Å². The molecule has 0 amide bonds. The van der Waals surface area contributed by atoms with Gasteiger partial charge in [0.05, 0.1) is 4.90 Å². The lowest BCUT2D eigenvalue weighted by molar-refractivity contribution is 0.581. The molecule has 0 aliphatic heterocycles. The van der Waals surface area contributed by atoms with Crippen molar-refractivity contribution in [2.24, 2.45) is 0 Å². The third-order valence-corrected chi connectivity index (χ3v) is 3.99. The fraction of sp³-hybridized carbons (Fsp3) is 0.0769. The molecule has 19 heavy (non-hydrogen) atoms. The van der Waals surface area contributed by atoms with E-state index in [4.69, 9.17) is 5.73 Å². The van der Waals surface area contributed by atoms with Crippen molar-refractivity contribution >= 4 is 15.7 Å². The van der Waals surface area contributed by atoms with E-state index in [0.717, 1.165) is 0 Å². The molecule has 0 radical (unpaired) electrons. The van der Waals surface area contributed by atoms with E-state index in [1.165, 1.54) is 48.5 Å². The molecule has 0 atom stereocenters. The minimum Gasteiger partial charge on any atom is -0.399 e. The molecule has 100 valence electrons. The molecule has 4 nitrogen and oxygen atoms in total. The maximum atomic E-state index is 12.7. The number of nitrogens with one attached hydrogen (secondary N) is 1. The number of anilines is 1. The number of nitrogens with two attached hydrogens (primary N) is 1. The minimum atomic E-state index is -3.58. The van der Waals surface area contributed by atoms with Crippen molar-refractivity contribution < 1.29 is 12.8 Å². The van der Waals surface area contributed by atoms with Crippen molar-refractivity contribution in [2.45, 2.75) is 11.4 Å². The first kappa shape index (κ1) is 13.5. The van der Waals surface area contributed by atoms with Gasteiger partial charge in [-0.15, -0.1) is 0 Å². The predicted molar refractivity (Wildman–Crippen MR) is 71.3 cm³/mol. The Morgan fingerprint density at radius 1 is 1.00 bits per heavy atom. The second kappa shape index (κ2) is 5.38. The van der Waals surface area contributed by atoms with Gasteiger partial charge in [-0.25, -0.2) is 17.5 Å². The lowest BCUT2D eigenvalue weighted by Gasteiger charge is -2.07. The number of hydrogen-bond acceptors (Lipinski definition) is 3. The van der Waals surface area contributed by atoms with Crippen molar-refractivity contribution in [2.75, 3.05) is 5.73 Å². The zero-order valence-electron chi connectivity index (χ0n) is 10.0. The first-order valence-corrected chi connectivity index (χ1v) is 7.05. The van der Waals surface area contributed by atoms with Crippen LogP contribution in [0.25, 0.3) is 0 Å². The van der Waals surface area contributed by atoms with E-state index in [9.17, 15) is 12.8 Å². The number of halogens is 1. The van der Waals surface area contributed by atoms with Crippen LogP contribution < -0.4 is 10.5 Å². The van der Waals surface area contributed by atoms with E-state index in [1.54, 1.807) is 0 Å². The molecule has 2 aromatic rings. The first-order valence-electron chi connectivity index (χ1n) is 5.57. The molecule has 0 heterocycles. The second-order valence-corrected chi connectivity index (χ2v) is 5.79. The molecule has 2 rings (SSSR count). The normalized spacial score (nSPS) is 11.4. The zero-order valence-corrected chi connectivity index (χ0v) is 10.8. The van der Waals surface area contributed by atoms with E-state index in [2.05, 4.69) is 4.72 Å². The van der Waals surface area contributed by atoms with Crippen molar-refractivity contribution in [1.82, 2.24) is 4.72 Å². The van der Waals surface area contributed by atoms with Crippen LogP contribution in [0.3, 0.4) is 0 Å². The van der Waals surface area contributed by atoms with Gasteiger partial charge in [-0.1, -0.05) is 12.1 Å². The van der Waals surface area contributed by atoms with Gasteiger partial charge in [0.2, 0.25) is 10.0 Å². The highest BCUT2D eigenvalue weighted by Crippen LogP contribution is 2.12. The van der Waals surface area contributed by atoms with Gasteiger partial charge in [0.25, 0.3) is 0 Å². The SMILES string of the molecule is Nc1ccc(S(=O)(=O)NCc2ccc(F)cc2)cc1. The number of benzene rings is 2. The van der Waals surface area contributed by atoms with Gasteiger partial charge in [0.15, 0.2) is 0 Å². The molecule has 0 aliphatic carbocycles. The van der Waals surface area contributed by atoms with Gasteiger partial charge in [-0.3, -0.25) is 0 Å². The number of nitrogen functional groups attached to an aromatic ring is 1. The maximum Gasteiger partial charge on any atom is 0.240 e. The highest BCUT2D eigenvalue weighted by molar-refractivity contribution is 7.89. The smallest absolute Gasteiger partial charge is 0.240 e. The Morgan fingerprint density at radius 2 is 1.58 bits per heavy atom. The average molecular weight is 280 g/mol. The molecule has 0 saturated carbocycles. The predicted octanol–water partition coefficient (Wildman–Crippen LogP) is 1.89. The van der Waals surface area contributed by atoms with Crippen LogP contribution >= 0.6 is 0 Å². The van der Waals surface area contributed by atoms with E-state index in [0.29, 0.717) is 11.3 Å². The topological polar surface area (TPSA) is 72.2 Å². The van der Waals surface area contributed by atoms with Crippen LogP contribution in [0.4, 0.5) is 10.1 Å². The van der Waals surface area contributed by atoms with Crippen molar-refractivity contribution in [1.29, 1.82) is 0 Å². The monoisotopic (exact) mass is 280 g/mol. The summed E-state index contributed by atoms with van der Waals surface area (Å²) in [6, 6.07) is 11.5. The van der Waals surface area contributed by atoms with Crippen molar-refractivity contribution in [3.05, 3.63) is 59.9 Å². The lowest BCUT2D eigenvalue weighted by Crippen LogP contribution is -2.23. The van der Waals surface area contributed by atoms with Crippen molar-refractivity contribution in [3.63, 3.8) is 0 Å². The van der Waals surface area contributed by atoms with Crippen LogP contribution in [-0.2, 0) is 16.6 Å². The van der Waals surface area contributed by atoms with Crippen LogP contribution in [-0.4, -0.2) is 8.42 Å². The lowest BCUT2D eigenvalue weighted by atomic mass is 10.2. The summed E-state index contributed by atoms with van der Waals surface area (Å²) in [7, 11) is -3.58. The zero-order chi connectivity index (χ0) is 13.9. The molecule has 0 unspecified atom stereocenters. The standard InChI is InChI=1S/C13H13FN2O2S/c14-11-3-1-10(2-4-11)9-16-19(17,18)13-7-5-12(15)6-8-13/h1-8,16H,9,15H2. The third kappa shape index (κ3) is 3.52. The van der Waals surface area contributed by atoms with E-state index in [-0.39, 0.29) is 17.3 Å². The number of rotatable bonds is 4. The van der Waals surface area contributed by atoms with Gasteiger partial charge in [-0.2, -0.15) is 0 Å². The fourth-order valence-corrected chi connectivity index (χ4v) is 2.53. The summed E-state index contributed by atoms with van der Waals surface area (Å²) < 4.78 is 39.1. The Hall–Kier alpha value is -1.92. The van der Waals surface area contributed by atoms with E-state index in [1.807, 2.05) is 0 Å². The van der Waals surface area contributed by atoms with Gasteiger partial charge < -0.3 is 5.73 Å². The fourth-order valence-electron chi connectivity index (χ4n) is 1.51. The summed E-state index contributed by atoms with van der Waals surface area (Å²) >= 11 is 0. The summed E-state index contributed by atoms with van der Waals surface area (Å²) in [6.45, 7) is 0.104. The molecule has 0 fully saturated rings. The maximum absolute atomic E-state index is 12.7. The largest absolute Gasteiger partial charge is 0.399 e. The van der Waals surface area contributed by atoms with Crippen LogP contribution in [0.1, 0.15) is 5.56 Å². The van der Waals surface area contributed by atoms with Crippen LogP contribution in [0.15, 0.2) is 53.4 Å². The Kier molecular flexibility index (Phi) is 3.82. The highest BCUT2D eigenvalue weighted by Gasteiger charge is 2.13. The Bertz CT molecular complexity index is 652. The van der Waals surface area contributed by atoms with Crippen molar-refractivity contribution in [3.8, 4) is 0 Å². The average Bonchev–Trinajstić information content (AvgIpc) is 2.39. The van der Waals surface area contributed by atoms with Gasteiger partial charge in [0, 0.05) is 12.2 Å². The Balaban J connectivity index is 2.09. The Morgan fingerprint density at radius 3 is 2.16 bits per heavy atom. The summed E-state index contributed by atoms with van der Waals surface area (Å²) in [4.78, 5) is 0.142. The molecule has 6 heteroatoms. The van der Waals surface area contributed by atoms with E-state index < -0.39 is 10.0 Å².